The maximum absolute atomic E-state index is 4.88. The normalized spacial score (nSPS) is 13.4. The molecule has 0 bridgehead atoms. The summed E-state index contributed by atoms with van der Waals surface area (Å²) in [6.45, 7) is 4.38. The number of aryl methyl sites for hydroxylation is 2. The molecule has 47 heavy (non-hydrogen) atoms. The number of para-hydroxylation sites is 1. The molecule has 8 aromatic rings. The van der Waals surface area contributed by atoms with E-state index in [2.05, 4.69) is 157 Å². The standard InChI is InChI=1S/C43H32N4/c1-29-19-21-39-36(24-29)43(31-12-5-3-6-13-31,32-14-7-4-8-15-32)37-25-30(2)20-22-40(37)47(39)34-26-33(27-44-28-34)46-38-17-10-9-16-35(38)42-41(46)18-11-23-45-42/h3-28H,1-2H3. The average molecular weight is 605 g/mol. The van der Waals surface area contributed by atoms with Gasteiger partial charge in [0.1, 0.15) is 0 Å². The van der Waals surface area contributed by atoms with Crippen molar-refractivity contribution in [2.45, 2.75) is 19.3 Å². The van der Waals surface area contributed by atoms with Crippen LogP contribution >= 0.6 is 0 Å². The molecular formula is C43H32N4. The highest BCUT2D eigenvalue weighted by molar-refractivity contribution is 6.07. The molecule has 0 spiro atoms. The van der Waals surface area contributed by atoms with E-state index in [1.54, 1.807) is 0 Å². The van der Waals surface area contributed by atoms with Crippen molar-refractivity contribution in [2.75, 3.05) is 4.90 Å². The summed E-state index contributed by atoms with van der Waals surface area (Å²) >= 11 is 0. The third-order valence-corrected chi connectivity index (χ3v) is 9.66. The number of hydrogen-bond donors (Lipinski definition) is 0. The molecule has 5 aromatic carbocycles. The lowest BCUT2D eigenvalue weighted by Crippen LogP contribution is -2.38. The van der Waals surface area contributed by atoms with E-state index in [0.717, 1.165) is 44.7 Å². The topological polar surface area (TPSA) is 34.0 Å². The Kier molecular flexibility index (Phi) is 6.12. The summed E-state index contributed by atoms with van der Waals surface area (Å²) in [6.07, 6.45) is 5.81. The summed E-state index contributed by atoms with van der Waals surface area (Å²) in [6, 6.07) is 50.6. The number of nitrogens with zero attached hydrogens (tertiary/aromatic N) is 4. The lowest BCUT2D eigenvalue weighted by molar-refractivity contribution is 0.729. The largest absolute Gasteiger partial charge is 0.308 e. The fourth-order valence-electron chi connectivity index (χ4n) is 7.73. The van der Waals surface area contributed by atoms with E-state index < -0.39 is 5.41 Å². The van der Waals surface area contributed by atoms with Crippen LogP contribution in [0.25, 0.3) is 27.6 Å². The number of pyridine rings is 2. The van der Waals surface area contributed by atoms with Crippen molar-refractivity contribution in [3.05, 3.63) is 191 Å². The van der Waals surface area contributed by atoms with Gasteiger partial charge in [0.05, 0.1) is 57.1 Å². The highest BCUT2D eigenvalue weighted by Gasteiger charge is 2.46. The van der Waals surface area contributed by atoms with E-state index in [4.69, 9.17) is 9.97 Å². The van der Waals surface area contributed by atoms with E-state index in [1.165, 1.54) is 33.4 Å². The van der Waals surface area contributed by atoms with Gasteiger partial charge < -0.3 is 9.47 Å². The molecule has 0 aliphatic carbocycles. The van der Waals surface area contributed by atoms with Gasteiger partial charge in [0.2, 0.25) is 0 Å². The minimum absolute atomic E-state index is 0.523. The third-order valence-electron chi connectivity index (χ3n) is 9.66. The highest BCUT2D eigenvalue weighted by atomic mass is 15.2. The summed E-state index contributed by atoms with van der Waals surface area (Å²) < 4.78 is 2.28. The fraction of sp³-hybridized carbons (Fsp3) is 0.0698. The van der Waals surface area contributed by atoms with Crippen LogP contribution < -0.4 is 4.90 Å². The molecule has 0 saturated heterocycles. The van der Waals surface area contributed by atoms with Crippen LogP contribution in [0.15, 0.2) is 158 Å². The Hall–Kier alpha value is -6.00. The Balaban J connectivity index is 1.35. The predicted molar refractivity (Wildman–Crippen MR) is 192 cm³/mol. The van der Waals surface area contributed by atoms with Gasteiger partial charge in [-0.05, 0) is 72.5 Å². The highest BCUT2D eigenvalue weighted by Crippen LogP contribution is 2.58. The van der Waals surface area contributed by atoms with E-state index in [0.29, 0.717) is 0 Å². The average Bonchev–Trinajstić information content (AvgIpc) is 3.46. The molecule has 0 amide bonds. The SMILES string of the molecule is Cc1ccc2c(c1)C(c1ccccc1)(c1ccccc1)c1cc(C)ccc1N2c1cncc(-n2c3ccccc3c3ncccc32)c1. The summed E-state index contributed by atoms with van der Waals surface area (Å²) in [5.41, 5.74) is 14.3. The van der Waals surface area contributed by atoms with E-state index in [-0.39, 0.29) is 0 Å². The first-order valence-electron chi connectivity index (χ1n) is 16.1. The van der Waals surface area contributed by atoms with Crippen molar-refractivity contribution >= 4 is 39.0 Å². The molecule has 0 unspecified atom stereocenters. The molecule has 4 heteroatoms. The van der Waals surface area contributed by atoms with Crippen LogP contribution in [0, 0.1) is 13.8 Å². The molecule has 1 aliphatic heterocycles. The zero-order valence-electron chi connectivity index (χ0n) is 26.3. The second-order valence-corrected chi connectivity index (χ2v) is 12.5. The molecule has 3 aromatic heterocycles. The van der Waals surface area contributed by atoms with Crippen molar-refractivity contribution in [3.63, 3.8) is 0 Å². The maximum Gasteiger partial charge on any atom is 0.0963 e. The summed E-state index contributed by atoms with van der Waals surface area (Å²) in [5.74, 6) is 0. The summed E-state index contributed by atoms with van der Waals surface area (Å²) in [5, 5.41) is 1.13. The zero-order chi connectivity index (χ0) is 31.5. The monoisotopic (exact) mass is 604 g/mol. The van der Waals surface area contributed by atoms with Crippen molar-refractivity contribution in [1.82, 2.24) is 14.5 Å². The van der Waals surface area contributed by atoms with Crippen LogP contribution in [-0.4, -0.2) is 14.5 Å². The first-order valence-corrected chi connectivity index (χ1v) is 16.1. The lowest BCUT2D eigenvalue weighted by Gasteiger charge is -2.46. The minimum atomic E-state index is -0.523. The van der Waals surface area contributed by atoms with Gasteiger partial charge in [-0.2, -0.15) is 0 Å². The van der Waals surface area contributed by atoms with Crippen molar-refractivity contribution in [3.8, 4) is 5.69 Å². The smallest absolute Gasteiger partial charge is 0.0963 e. The Morgan fingerprint density at radius 2 is 1.11 bits per heavy atom. The van der Waals surface area contributed by atoms with Crippen LogP contribution in [0.3, 0.4) is 0 Å². The van der Waals surface area contributed by atoms with Gasteiger partial charge in [-0.25, -0.2) is 0 Å². The first-order chi connectivity index (χ1) is 23.1. The molecule has 0 fully saturated rings. The van der Waals surface area contributed by atoms with Gasteiger partial charge in [0.15, 0.2) is 0 Å². The Bertz CT molecular complexity index is 2290. The maximum atomic E-state index is 4.88. The van der Waals surface area contributed by atoms with Gasteiger partial charge in [-0.3, -0.25) is 9.97 Å². The van der Waals surface area contributed by atoms with E-state index >= 15 is 0 Å². The molecule has 0 saturated carbocycles. The number of benzene rings is 5. The second kappa shape index (κ2) is 10.5. The van der Waals surface area contributed by atoms with Gasteiger partial charge in [-0.1, -0.05) is 114 Å². The summed E-state index contributed by atoms with van der Waals surface area (Å²) in [7, 11) is 0. The Labute approximate surface area is 274 Å². The van der Waals surface area contributed by atoms with E-state index in [9.17, 15) is 0 Å². The molecule has 0 atom stereocenters. The van der Waals surface area contributed by atoms with Crippen LogP contribution in [0.2, 0.25) is 0 Å². The lowest BCUT2D eigenvalue weighted by atomic mass is 9.62. The predicted octanol–water partition coefficient (Wildman–Crippen LogP) is 10.4. The molecule has 224 valence electrons. The number of anilines is 3. The van der Waals surface area contributed by atoms with Crippen molar-refractivity contribution in [1.29, 1.82) is 0 Å². The zero-order valence-corrected chi connectivity index (χ0v) is 26.3. The second-order valence-electron chi connectivity index (χ2n) is 12.5. The fourth-order valence-corrected chi connectivity index (χ4v) is 7.73. The van der Waals surface area contributed by atoms with E-state index in [1.807, 2.05) is 24.7 Å². The number of fused-ring (bicyclic) bond motifs is 5. The van der Waals surface area contributed by atoms with Gasteiger partial charge >= 0.3 is 0 Å². The van der Waals surface area contributed by atoms with Gasteiger partial charge in [-0.15, -0.1) is 0 Å². The number of rotatable bonds is 4. The van der Waals surface area contributed by atoms with Crippen molar-refractivity contribution in [2.24, 2.45) is 0 Å². The molecular weight excluding hydrogens is 573 g/mol. The molecule has 4 nitrogen and oxygen atoms in total. The minimum Gasteiger partial charge on any atom is -0.308 e. The van der Waals surface area contributed by atoms with Crippen LogP contribution in [0.1, 0.15) is 33.4 Å². The summed E-state index contributed by atoms with van der Waals surface area (Å²) in [4.78, 5) is 12.0. The molecule has 4 heterocycles. The Morgan fingerprint density at radius 1 is 0.532 bits per heavy atom. The number of aromatic nitrogens is 3. The van der Waals surface area contributed by atoms with Gasteiger partial charge in [0, 0.05) is 11.6 Å². The van der Waals surface area contributed by atoms with Gasteiger partial charge in [0.25, 0.3) is 0 Å². The van der Waals surface area contributed by atoms with Crippen LogP contribution in [0.5, 0.6) is 0 Å². The molecule has 0 N–H and O–H groups in total. The molecule has 9 rings (SSSR count). The quantitative estimate of drug-likeness (QED) is 0.200. The Morgan fingerprint density at radius 3 is 1.77 bits per heavy atom. The van der Waals surface area contributed by atoms with Crippen LogP contribution in [0.4, 0.5) is 17.1 Å². The molecule has 1 aliphatic rings. The molecule has 0 radical (unpaired) electrons. The first kappa shape index (κ1) is 27.3. The van der Waals surface area contributed by atoms with Crippen LogP contribution in [-0.2, 0) is 5.41 Å². The number of hydrogen-bond acceptors (Lipinski definition) is 3. The third kappa shape index (κ3) is 4.01. The van der Waals surface area contributed by atoms with Crippen molar-refractivity contribution < 1.29 is 0 Å².